The van der Waals surface area contributed by atoms with Gasteiger partial charge in [0.2, 0.25) is 0 Å². The van der Waals surface area contributed by atoms with E-state index >= 15 is 0 Å². The van der Waals surface area contributed by atoms with Crippen LogP contribution in [0, 0.1) is 0 Å². The van der Waals surface area contributed by atoms with Crippen molar-refractivity contribution in [2.24, 2.45) is 0 Å². The summed E-state index contributed by atoms with van der Waals surface area (Å²) in [7, 11) is 1.67. The van der Waals surface area contributed by atoms with Crippen LogP contribution in [0.1, 0.15) is 5.56 Å². The molecule has 146 valence electrons. The fraction of sp³-hybridized carbons (Fsp3) is 0.125. The fourth-order valence-electron chi connectivity index (χ4n) is 3.05. The summed E-state index contributed by atoms with van der Waals surface area (Å²) >= 11 is 1.63. The van der Waals surface area contributed by atoms with Gasteiger partial charge < -0.3 is 9.47 Å². The molecule has 4 nitrogen and oxygen atoms in total. The first-order valence-electron chi connectivity index (χ1n) is 9.32. The summed E-state index contributed by atoms with van der Waals surface area (Å²) in [5, 5.41) is 5.71. The van der Waals surface area contributed by atoms with Gasteiger partial charge in [-0.05, 0) is 66.4 Å². The number of rotatable bonds is 7. The van der Waals surface area contributed by atoms with E-state index in [-0.39, 0.29) is 0 Å². The van der Waals surface area contributed by atoms with Crippen molar-refractivity contribution in [3.05, 3.63) is 90.5 Å². The van der Waals surface area contributed by atoms with E-state index in [1.54, 1.807) is 18.9 Å². The Morgan fingerprint density at radius 1 is 0.862 bits per heavy atom. The zero-order chi connectivity index (χ0) is 20.1. The van der Waals surface area contributed by atoms with Crippen molar-refractivity contribution in [2.45, 2.75) is 11.6 Å². The first kappa shape index (κ1) is 19.2. The smallest absolute Gasteiger partial charge is 0.119 e. The van der Waals surface area contributed by atoms with Crippen LogP contribution >= 0.6 is 11.8 Å². The van der Waals surface area contributed by atoms with Gasteiger partial charge >= 0.3 is 0 Å². The number of hydrogen-bond donors (Lipinski definition) is 0. The average Bonchev–Trinajstić information content (AvgIpc) is 3.23. The second kappa shape index (κ2) is 8.88. The molecule has 0 aliphatic heterocycles. The summed E-state index contributed by atoms with van der Waals surface area (Å²) in [5.74, 6) is 1.67. The third-order valence-corrected chi connectivity index (χ3v) is 5.23. The van der Waals surface area contributed by atoms with Crippen molar-refractivity contribution in [2.75, 3.05) is 13.4 Å². The molecule has 0 atom stereocenters. The minimum Gasteiger partial charge on any atom is -0.497 e. The molecule has 1 heterocycles. The summed E-state index contributed by atoms with van der Waals surface area (Å²) in [6.07, 6.45) is 2.03. The maximum absolute atomic E-state index is 5.91. The highest BCUT2D eigenvalue weighted by Gasteiger charge is 2.12. The van der Waals surface area contributed by atoms with Gasteiger partial charge in [0.1, 0.15) is 23.1 Å². The normalized spacial score (nSPS) is 10.7. The molecule has 29 heavy (non-hydrogen) atoms. The number of benzene rings is 3. The van der Waals surface area contributed by atoms with Gasteiger partial charge in [-0.2, -0.15) is 5.10 Å². The monoisotopic (exact) mass is 402 g/mol. The number of thioether (sulfide) groups is 1. The minimum absolute atomic E-state index is 0.556. The van der Waals surface area contributed by atoms with Gasteiger partial charge in [-0.3, -0.25) is 0 Å². The Bertz CT molecular complexity index is 1060. The number of aromatic nitrogens is 2. The largest absolute Gasteiger partial charge is 0.497 e. The zero-order valence-electron chi connectivity index (χ0n) is 16.4. The minimum atomic E-state index is 0.556. The molecule has 4 rings (SSSR count). The number of nitrogens with zero attached hydrogens (tertiary/aromatic N) is 2. The molecule has 0 bridgehead atoms. The molecular weight excluding hydrogens is 380 g/mol. The summed E-state index contributed by atoms with van der Waals surface area (Å²) in [4.78, 5) is 0. The van der Waals surface area contributed by atoms with Gasteiger partial charge in [0.25, 0.3) is 0 Å². The Labute approximate surface area is 175 Å². The number of ether oxygens (including phenoxy) is 2. The molecule has 3 aromatic carbocycles. The molecule has 5 heteroatoms. The number of methoxy groups -OCH3 is 1. The molecule has 0 saturated heterocycles. The van der Waals surface area contributed by atoms with Crippen LogP contribution in [0.2, 0.25) is 0 Å². The van der Waals surface area contributed by atoms with E-state index in [0.717, 1.165) is 39.0 Å². The molecule has 0 N–H and O–H groups in total. The van der Waals surface area contributed by atoms with Gasteiger partial charge in [0.05, 0.1) is 18.5 Å². The molecule has 0 fully saturated rings. The fourth-order valence-corrected chi connectivity index (χ4v) is 3.44. The first-order chi connectivity index (χ1) is 14.3. The highest BCUT2D eigenvalue weighted by Crippen LogP contribution is 2.29. The van der Waals surface area contributed by atoms with Crippen molar-refractivity contribution >= 4 is 11.8 Å². The third kappa shape index (κ3) is 4.46. The molecule has 0 aliphatic rings. The Balaban J connectivity index is 1.58. The van der Waals surface area contributed by atoms with Crippen molar-refractivity contribution < 1.29 is 9.47 Å². The summed E-state index contributed by atoms with van der Waals surface area (Å²) in [5.41, 5.74) is 4.26. The third-order valence-electron chi connectivity index (χ3n) is 4.61. The highest BCUT2D eigenvalue weighted by atomic mass is 32.2. The van der Waals surface area contributed by atoms with E-state index in [1.165, 1.54) is 0 Å². The van der Waals surface area contributed by atoms with Crippen LogP contribution in [0.5, 0.6) is 11.5 Å². The Kier molecular flexibility index (Phi) is 5.86. The molecule has 0 radical (unpaired) electrons. The molecule has 4 aromatic rings. The van der Waals surface area contributed by atoms with Gasteiger partial charge in [-0.1, -0.05) is 30.3 Å². The average molecular weight is 403 g/mol. The van der Waals surface area contributed by atoms with Crippen LogP contribution in [-0.4, -0.2) is 23.1 Å². The SMILES string of the molecule is COc1ccc(-n2nc(SC)cc2-c2ccc(OCc3ccccc3)cc2)cc1. The first-order valence-corrected chi connectivity index (χ1v) is 10.5. The van der Waals surface area contributed by atoms with Gasteiger partial charge in [-0.15, -0.1) is 11.8 Å². The lowest BCUT2D eigenvalue weighted by Gasteiger charge is -2.10. The van der Waals surface area contributed by atoms with Crippen LogP contribution in [0.3, 0.4) is 0 Å². The Hall–Kier alpha value is -3.18. The predicted molar refractivity (Wildman–Crippen MR) is 118 cm³/mol. The second-order valence-electron chi connectivity index (χ2n) is 6.48. The van der Waals surface area contributed by atoms with Crippen LogP contribution in [0.15, 0.2) is 90.0 Å². The van der Waals surface area contributed by atoms with E-state index in [2.05, 4.69) is 30.3 Å². The highest BCUT2D eigenvalue weighted by molar-refractivity contribution is 7.98. The zero-order valence-corrected chi connectivity index (χ0v) is 17.2. The lowest BCUT2D eigenvalue weighted by Crippen LogP contribution is -1.99. The standard InChI is InChI=1S/C24H22N2O2S/c1-27-21-14-10-20(11-15-21)26-23(16-24(25-26)29-2)19-8-12-22(13-9-19)28-17-18-6-4-3-5-7-18/h3-16H,17H2,1-2H3. The van der Waals surface area contributed by atoms with Gasteiger partial charge in [0.15, 0.2) is 0 Å². The predicted octanol–water partition coefficient (Wildman–Crippen LogP) is 5.85. The summed E-state index contributed by atoms with van der Waals surface area (Å²) in [6, 6.07) is 28.3. The van der Waals surface area contributed by atoms with Crippen LogP contribution in [0.4, 0.5) is 0 Å². The number of hydrogen-bond acceptors (Lipinski definition) is 4. The molecular formula is C24H22N2O2S. The maximum atomic E-state index is 5.91. The molecule has 0 aliphatic carbocycles. The van der Waals surface area contributed by atoms with E-state index in [0.29, 0.717) is 6.61 Å². The molecule has 1 aromatic heterocycles. The quantitative estimate of drug-likeness (QED) is 0.363. The molecule has 0 unspecified atom stereocenters. The lowest BCUT2D eigenvalue weighted by atomic mass is 10.1. The topological polar surface area (TPSA) is 36.3 Å². The van der Waals surface area contributed by atoms with Crippen LogP contribution < -0.4 is 9.47 Å². The van der Waals surface area contributed by atoms with E-state index in [1.807, 2.05) is 65.5 Å². The van der Waals surface area contributed by atoms with Crippen molar-refractivity contribution in [3.8, 4) is 28.4 Å². The Morgan fingerprint density at radius 3 is 2.21 bits per heavy atom. The van der Waals surface area contributed by atoms with Crippen LogP contribution in [0.25, 0.3) is 16.9 Å². The van der Waals surface area contributed by atoms with Crippen LogP contribution in [-0.2, 0) is 6.61 Å². The molecule has 0 spiro atoms. The lowest BCUT2D eigenvalue weighted by molar-refractivity contribution is 0.306. The van der Waals surface area contributed by atoms with E-state index < -0.39 is 0 Å². The molecule has 0 saturated carbocycles. The van der Waals surface area contributed by atoms with E-state index in [9.17, 15) is 0 Å². The van der Waals surface area contributed by atoms with Gasteiger partial charge in [-0.25, -0.2) is 4.68 Å². The van der Waals surface area contributed by atoms with E-state index in [4.69, 9.17) is 14.6 Å². The molecule has 0 amide bonds. The van der Waals surface area contributed by atoms with Crippen molar-refractivity contribution in [3.63, 3.8) is 0 Å². The summed E-state index contributed by atoms with van der Waals surface area (Å²) < 4.78 is 13.1. The van der Waals surface area contributed by atoms with Crippen molar-refractivity contribution in [1.29, 1.82) is 0 Å². The Morgan fingerprint density at radius 2 is 1.55 bits per heavy atom. The van der Waals surface area contributed by atoms with Crippen molar-refractivity contribution in [1.82, 2.24) is 9.78 Å². The second-order valence-corrected chi connectivity index (χ2v) is 7.31. The summed E-state index contributed by atoms with van der Waals surface area (Å²) in [6.45, 7) is 0.556. The van der Waals surface area contributed by atoms with Gasteiger partial charge in [0, 0.05) is 5.56 Å². The maximum Gasteiger partial charge on any atom is 0.119 e.